The molecule has 0 aliphatic heterocycles. The van der Waals surface area contributed by atoms with Gasteiger partial charge < -0.3 is 9.47 Å². The Hall–Kier alpha value is -3.04. The maximum Gasteiger partial charge on any atom is 0.416 e. The van der Waals surface area contributed by atoms with Crippen LogP contribution in [0, 0.1) is 0 Å². The molecule has 0 unspecified atom stereocenters. The standard InChI is InChI=1S/C18H12F6O4/c1-2-27-15(25)10-4-3-5-14(8-10)28-16(26)11-6-12(17(19,20)21)9-13(7-11)18(22,23)24/h3-9H,2H2,1H3. The van der Waals surface area contributed by atoms with Gasteiger partial charge in [0.2, 0.25) is 0 Å². The number of carbonyl (C=O) groups excluding carboxylic acids is 2. The monoisotopic (exact) mass is 406 g/mol. The van der Waals surface area contributed by atoms with Crippen molar-refractivity contribution in [3.63, 3.8) is 0 Å². The van der Waals surface area contributed by atoms with E-state index in [0.717, 1.165) is 6.07 Å². The summed E-state index contributed by atoms with van der Waals surface area (Å²) in [7, 11) is 0. The summed E-state index contributed by atoms with van der Waals surface area (Å²) in [5.74, 6) is -2.43. The molecule has 0 aromatic heterocycles. The highest BCUT2D eigenvalue weighted by Gasteiger charge is 2.37. The lowest BCUT2D eigenvalue weighted by Gasteiger charge is -2.14. The van der Waals surface area contributed by atoms with Crippen LogP contribution in [0.25, 0.3) is 0 Å². The van der Waals surface area contributed by atoms with Crippen LogP contribution in [-0.2, 0) is 17.1 Å². The predicted octanol–water partition coefficient (Wildman–Crippen LogP) is 5.12. The van der Waals surface area contributed by atoms with E-state index in [-0.39, 0.29) is 36.1 Å². The van der Waals surface area contributed by atoms with Gasteiger partial charge in [-0.3, -0.25) is 0 Å². The van der Waals surface area contributed by atoms with Crippen molar-refractivity contribution in [1.29, 1.82) is 0 Å². The molecule has 4 nitrogen and oxygen atoms in total. The van der Waals surface area contributed by atoms with Gasteiger partial charge in [0.25, 0.3) is 0 Å². The van der Waals surface area contributed by atoms with Gasteiger partial charge >= 0.3 is 24.3 Å². The number of ether oxygens (including phenoxy) is 2. The van der Waals surface area contributed by atoms with Crippen molar-refractivity contribution in [2.24, 2.45) is 0 Å². The molecule has 0 saturated heterocycles. The Morgan fingerprint density at radius 1 is 0.821 bits per heavy atom. The molecule has 2 rings (SSSR count). The summed E-state index contributed by atoms with van der Waals surface area (Å²) in [5, 5.41) is 0. The molecule has 2 aromatic rings. The molecule has 0 heterocycles. The zero-order valence-corrected chi connectivity index (χ0v) is 14.1. The molecule has 28 heavy (non-hydrogen) atoms. The Morgan fingerprint density at radius 3 is 1.89 bits per heavy atom. The smallest absolute Gasteiger partial charge is 0.416 e. The van der Waals surface area contributed by atoms with E-state index in [1.807, 2.05) is 0 Å². The molecule has 150 valence electrons. The molecule has 0 amide bonds. The van der Waals surface area contributed by atoms with E-state index >= 15 is 0 Å². The Labute approximate surface area is 154 Å². The van der Waals surface area contributed by atoms with Gasteiger partial charge in [-0.25, -0.2) is 9.59 Å². The molecule has 0 radical (unpaired) electrons. The molecule has 0 N–H and O–H groups in total. The Kier molecular flexibility index (Phi) is 6.01. The van der Waals surface area contributed by atoms with Crippen LogP contribution in [0.5, 0.6) is 5.75 Å². The molecule has 0 bridgehead atoms. The van der Waals surface area contributed by atoms with Crippen LogP contribution < -0.4 is 4.74 Å². The molecular formula is C18H12F6O4. The van der Waals surface area contributed by atoms with E-state index in [9.17, 15) is 35.9 Å². The highest BCUT2D eigenvalue weighted by atomic mass is 19.4. The molecule has 0 atom stereocenters. The lowest BCUT2D eigenvalue weighted by atomic mass is 10.0. The van der Waals surface area contributed by atoms with Crippen molar-refractivity contribution >= 4 is 11.9 Å². The summed E-state index contributed by atoms with van der Waals surface area (Å²) in [5.41, 5.74) is -4.24. The van der Waals surface area contributed by atoms with Gasteiger partial charge in [0, 0.05) is 0 Å². The van der Waals surface area contributed by atoms with Crippen LogP contribution in [-0.4, -0.2) is 18.5 Å². The predicted molar refractivity (Wildman–Crippen MR) is 83.8 cm³/mol. The maximum absolute atomic E-state index is 12.9. The van der Waals surface area contributed by atoms with Crippen LogP contribution in [0.15, 0.2) is 42.5 Å². The summed E-state index contributed by atoms with van der Waals surface area (Å²) in [6.07, 6.45) is -10.2. The minimum absolute atomic E-state index is 0.00725. The van der Waals surface area contributed by atoms with Crippen molar-refractivity contribution in [3.05, 3.63) is 64.7 Å². The summed E-state index contributed by atoms with van der Waals surface area (Å²) in [6, 6.07) is 5.34. The number of carbonyl (C=O) groups is 2. The molecule has 10 heteroatoms. The molecule has 0 fully saturated rings. The van der Waals surface area contributed by atoms with Crippen LogP contribution in [0.1, 0.15) is 38.8 Å². The fourth-order valence-corrected chi connectivity index (χ4v) is 2.14. The summed E-state index contributed by atoms with van der Waals surface area (Å²) < 4.78 is 86.8. The highest BCUT2D eigenvalue weighted by Crippen LogP contribution is 2.36. The van der Waals surface area contributed by atoms with E-state index in [2.05, 4.69) is 0 Å². The van der Waals surface area contributed by atoms with Crippen LogP contribution in [0.3, 0.4) is 0 Å². The lowest BCUT2D eigenvalue weighted by molar-refractivity contribution is -0.143. The fourth-order valence-electron chi connectivity index (χ4n) is 2.14. The normalized spacial score (nSPS) is 11.8. The minimum Gasteiger partial charge on any atom is -0.462 e. The van der Waals surface area contributed by atoms with Gasteiger partial charge in [-0.15, -0.1) is 0 Å². The minimum atomic E-state index is -5.10. The average molecular weight is 406 g/mol. The van der Waals surface area contributed by atoms with Gasteiger partial charge in [0.05, 0.1) is 28.9 Å². The highest BCUT2D eigenvalue weighted by molar-refractivity contribution is 5.93. The Bertz CT molecular complexity index is 854. The van der Waals surface area contributed by atoms with Gasteiger partial charge in [-0.05, 0) is 43.3 Å². The summed E-state index contributed by atoms with van der Waals surface area (Å²) >= 11 is 0. The Morgan fingerprint density at radius 2 is 1.39 bits per heavy atom. The van der Waals surface area contributed by atoms with Crippen molar-refractivity contribution < 1.29 is 45.4 Å². The van der Waals surface area contributed by atoms with Gasteiger partial charge in [0.15, 0.2) is 0 Å². The summed E-state index contributed by atoms with van der Waals surface area (Å²) in [4.78, 5) is 23.8. The quantitative estimate of drug-likeness (QED) is 0.402. The third kappa shape index (κ3) is 5.24. The van der Waals surface area contributed by atoms with Gasteiger partial charge in [0.1, 0.15) is 5.75 Å². The SMILES string of the molecule is CCOC(=O)c1cccc(OC(=O)c2cc(C(F)(F)F)cc(C(F)(F)F)c2)c1. The zero-order chi connectivity index (χ0) is 21.1. The molecule has 0 aliphatic rings. The number of halogens is 6. The van der Waals surface area contributed by atoms with E-state index in [4.69, 9.17) is 9.47 Å². The van der Waals surface area contributed by atoms with Gasteiger partial charge in [-0.2, -0.15) is 26.3 Å². The van der Waals surface area contributed by atoms with Crippen LogP contribution in [0.2, 0.25) is 0 Å². The molecule has 2 aromatic carbocycles. The molecule has 0 spiro atoms. The Balaban J connectivity index is 2.36. The molecule has 0 saturated carbocycles. The lowest BCUT2D eigenvalue weighted by Crippen LogP contribution is -2.16. The number of benzene rings is 2. The van der Waals surface area contributed by atoms with Crippen LogP contribution in [0.4, 0.5) is 26.3 Å². The van der Waals surface area contributed by atoms with Crippen molar-refractivity contribution in [3.8, 4) is 5.75 Å². The number of hydrogen-bond donors (Lipinski definition) is 0. The number of esters is 2. The van der Waals surface area contributed by atoms with Gasteiger partial charge in [-0.1, -0.05) is 6.07 Å². The largest absolute Gasteiger partial charge is 0.462 e. The number of alkyl halides is 6. The van der Waals surface area contributed by atoms with Crippen LogP contribution >= 0.6 is 0 Å². The average Bonchev–Trinajstić information content (AvgIpc) is 2.60. The second kappa shape index (κ2) is 7.91. The second-order valence-electron chi connectivity index (χ2n) is 5.43. The third-order valence-corrected chi connectivity index (χ3v) is 3.38. The number of hydrogen-bond acceptors (Lipinski definition) is 4. The molecular weight excluding hydrogens is 394 g/mol. The summed E-state index contributed by atoms with van der Waals surface area (Å²) in [6.45, 7) is 1.64. The first-order valence-electron chi connectivity index (χ1n) is 7.70. The third-order valence-electron chi connectivity index (χ3n) is 3.38. The van der Waals surface area contributed by atoms with E-state index in [1.165, 1.54) is 18.2 Å². The van der Waals surface area contributed by atoms with E-state index in [0.29, 0.717) is 0 Å². The van der Waals surface area contributed by atoms with Crippen molar-refractivity contribution in [2.75, 3.05) is 6.61 Å². The van der Waals surface area contributed by atoms with E-state index in [1.54, 1.807) is 6.92 Å². The van der Waals surface area contributed by atoms with Crippen molar-refractivity contribution in [2.45, 2.75) is 19.3 Å². The maximum atomic E-state index is 12.9. The first kappa shape index (κ1) is 21.3. The number of rotatable bonds is 4. The first-order chi connectivity index (χ1) is 12.9. The van der Waals surface area contributed by atoms with Crippen molar-refractivity contribution in [1.82, 2.24) is 0 Å². The fraction of sp³-hybridized carbons (Fsp3) is 0.222. The second-order valence-corrected chi connectivity index (χ2v) is 5.43. The zero-order valence-electron chi connectivity index (χ0n) is 14.1. The molecule has 0 aliphatic carbocycles. The van der Waals surface area contributed by atoms with E-state index < -0.39 is 41.0 Å². The topological polar surface area (TPSA) is 52.6 Å². The first-order valence-corrected chi connectivity index (χ1v) is 7.70.